The van der Waals surface area contributed by atoms with Gasteiger partial charge in [-0.3, -0.25) is 0 Å². The van der Waals surface area contributed by atoms with Gasteiger partial charge in [0, 0.05) is 5.54 Å². The van der Waals surface area contributed by atoms with E-state index in [-0.39, 0.29) is 5.54 Å². The quantitative estimate of drug-likeness (QED) is 0.720. The molecule has 2 rings (SSSR count). The van der Waals surface area contributed by atoms with Crippen LogP contribution in [-0.4, -0.2) is 0 Å². The highest BCUT2D eigenvalue weighted by molar-refractivity contribution is 5.28. The van der Waals surface area contributed by atoms with Gasteiger partial charge in [-0.15, -0.1) is 0 Å². The third-order valence-corrected chi connectivity index (χ3v) is 4.59. The van der Waals surface area contributed by atoms with Crippen molar-refractivity contribution in [3.05, 3.63) is 35.4 Å². The van der Waals surface area contributed by atoms with Crippen LogP contribution < -0.4 is 5.73 Å². The highest BCUT2D eigenvalue weighted by Gasteiger charge is 2.28. The van der Waals surface area contributed by atoms with E-state index in [9.17, 15) is 0 Å². The predicted molar refractivity (Wildman–Crippen MR) is 83.2 cm³/mol. The summed E-state index contributed by atoms with van der Waals surface area (Å²) in [5.74, 6) is 0. The minimum atomic E-state index is -0.0427. The summed E-state index contributed by atoms with van der Waals surface area (Å²) in [5.41, 5.74) is 9.35. The molecule has 0 aromatic heterocycles. The average molecular weight is 259 g/mol. The van der Waals surface area contributed by atoms with Gasteiger partial charge in [-0.2, -0.15) is 0 Å². The van der Waals surface area contributed by atoms with Gasteiger partial charge in [0.15, 0.2) is 0 Å². The molecule has 1 aromatic rings. The first-order valence-electron chi connectivity index (χ1n) is 8.13. The van der Waals surface area contributed by atoms with Crippen molar-refractivity contribution in [2.75, 3.05) is 0 Å². The van der Waals surface area contributed by atoms with E-state index >= 15 is 0 Å². The number of rotatable bonds is 6. The molecule has 1 aliphatic carbocycles. The molecule has 0 saturated heterocycles. The molecule has 0 bridgehead atoms. The lowest BCUT2D eigenvalue weighted by Gasteiger charge is -2.34. The molecule has 1 nitrogen and oxygen atoms in total. The molecule has 19 heavy (non-hydrogen) atoms. The molecule has 2 N–H and O–H groups in total. The van der Waals surface area contributed by atoms with E-state index in [1.807, 2.05) is 0 Å². The molecule has 0 radical (unpaired) electrons. The SMILES string of the molecule is CCCCCCc1ccc(C2(N)CCCCC2)cc1. The zero-order valence-electron chi connectivity index (χ0n) is 12.5. The Morgan fingerprint density at radius 3 is 2.26 bits per heavy atom. The van der Waals surface area contributed by atoms with Crippen molar-refractivity contribution >= 4 is 0 Å². The second kappa shape index (κ2) is 7.09. The normalized spacial score (nSPS) is 18.4. The lowest BCUT2D eigenvalue weighted by atomic mass is 9.77. The second-order valence-electron chi connectivity index (χ2n) is 6.22. The average Bonchev–Trinajstić information content (AvgIpc) is 2.45. The lowest BCUT2D eigenvalue weighted by molar-refractivity contribution is 0.302. The molecular formula is C18H29N. The van der Waals surface area contributed by atoms with E-state index in [2.05, 4.69) is 31.2 Å². The Kier molecular flexibility index (Phi) is 5.45. The molecule has 1 saturated carbocycles. The summed E-state index contributed by atoms with van der Waals surface area (Å²) in [6, 6.07) is 9.15. The van der Waals surface area contributed by atoms with Crippen LogP contribution in [0.2, 0.25) is 0 Å². The predicted octanol–water partition coefficient (Wildman–Crippen LogP) is 4.93. The maximum Gasteiger partial charge on any atom is 0.0409 e. The number of unbranched alkanes of at least 4 members (excludes halogenated alkanes) is 3. The smallest absolute Gasteiger partial charge is 0.0409 e. The molecule has 0 amide bonds. The first-order chi connectivity index (χ1) is 9.24. The van der Waals surface area contributed by atoms with E-state index in [4.69, 9.17) is 5.73 Å². The van der Waals surface area contributed by atoms with Crippen LogP contribution in [0.15, 0.2) is 24.3 Å². The van der Waals surface area contributed by atoms with Gasteiger partial charge in [-0.25, -0.2) is 0 Å². The second-order valence-corrected chi connectivity index (χ2v) is 6.22. The Balaban J connectivity index is 1.90. The zero-order chi connectivity index (χ0) is 13.6. The van der Waals surface area contributed by atoms with Gasteiger partial charge in [0.25, 0.3) is 0 Å². The molecule has 1 aromatic carbocycles. The van der Waals surface area contributed by atoms with E-state index in [1.165, 1.54) is 62.5 Å². The summed E-state index contributed by atoms with van der Waals surface area (Å²) in [6.07, 6.45) is 12.8. The van der Waals surface area contributed by atoms with Gasteiger partial charge < -0.3 is 5.73 Å². The maximum atomic E-state index is 6.57. The molecule has 0 heterocycles. The van der Waals surface area contributed by atoms with Crippen molar-refractivity contribution < 1.29 is 0 Å². The third kappa shape index (κ3) is 4.07. The highest BCUT2D eigenvalue weighted by Crippen LogP contribution is 2.34. The molecule has 106 valence electrons. The number of aryl methyl sites for hydroxylation is 1. The van der Waals surface area contributed by atoms with Crippen molar-refractivity contribution in [1.82, 2.24) is 0 Å². The van der Waals surface area contributed by atoms with Crippen LogP contribution in [0.1, 0.15) is 75.8 Å². The van der Waals surface area contributed by atoms with Crippen LogP contribution in [0.3, 0.4) is 0 Å². The Labute approximate surface area is 118 Å². The van der Waals surface area contributed by atoms with Gasteiger partial charge in [-0.05, 0) is 36.8 Å². The van der Waals surface area contributed by atoms with Gasteiger partial charge in [0.1, 0.15) is 0 Å². The van der Waals surface area contributed by atoms with Crippen LogP contribution in [0.4, 0.5) is 0 Å². The third-order valence-electron chi connectivity index (χ3n) is 4.59. The molecule has 0 spiro atoms. The monoisotopic (exact) mass is 259 g/mol. The summed E-state index contributed by atoms with van der Waals surface area (Å²) < 4.78 is 0. The van der Waals surface area contributed by atoms with E-state index in [0.29, 0.717) is 0 Å². The molecule has 0 unspecified atom stereocenters. The first kappa shape index (κ1) is 14.6. The van der Waals surface area contributed by atoms with Crippen LogP contribution in [0.25, 0.3) is 0 Å². The lowest BCUT2D eigenvalue weighted by Crippen LogP contribution is -2.38. The number of benzene rings is 1. The van der Waals surface area contributed by atoms with E-state index in [1.54, 1.807) is 0 Å². The summed E-state index contributed by atoms with van der Waals surface area (Å²) >= 11 is 0. The van der Waals surface area contributed by atoms with Crippen LogP contribution in [0, 0.1) is 0 Å². The summed E-state index contributed by atoms with van der Waals surface area (Å²) in [5, 5.41) is 0. The molecular weight excluding hydrogens is 230 g/mol. The van der Waals surface area contributed by atoms with Crippen molar-refractivity contribution in [2.45, 2.75) is 76.7 Å². The number of nitrogens with two attached hydrogens (primary N) is 1. The van der Waals surface area contributed by atoms with Crippen LogP contribution in [0.5, 0.6) is 0 Å². The molecule has 1 aliphatic rings. The van der Waals surface area contributed by atoms with Crippen molar-refractivity contribution in [1.29, 1.82) is 0 Å². The maximum absolute atomic E-state index is 6.57. The highest BCUT2D eigenvalue weighted by atomic mass is 14.7. The van der Waals surface area contributed by atoms with Crippen LogP contribution in [-0.2, 0) is 12.0 Å². The van der Waals surface area contributed by atoms with Gasteiger partial charge >= 0.3 is 0 Å². The number of hydrogen-bond donors (Lipinski definition) is 1. The molecule has 0 atom stereocenters. The van der Waals surface area contributed by atoms with Crippen molar-refractivity contribution in [2.24, 2.45) is 5.73 Å². The fraction of sp³-hybridized carbons (Fsp3) is 0.667. The standard InChI is InChI=1S/C18H29N/c1-2-3-4-6-9-16-10-12-17(13-11-16)18(19)14-7-5-8-15-18/h10-13H,2-9,14-15,19H2,1H3. The number of hydrogen-bond acceptors (Lipinski definition) is 1. The fourth-order valence-corrected chi connectivity index (χ4v) is 3.23. The fourth-order valence-electron chi connectivity index (χ4n) is 3.23. The molecule has 1 fully saturated rings. The molecule has 1 heteroatoms. The van der Waals surface area contributed by atoms with Crippen LogP contribution >= 0.6 is 0 Å². The van der Waals surface area contributed by atoms with E-state index in [0.717, 1.165) is 12.8 Å². The van der Waals surface area contributed by atoms with Gasteiger partial charge in [0.05, 0.1) is 0 Å². The summed E-state index contributed by atoms with van der Waals surface area (Å²) in [6.45, 7) is 2.26. The minimum Gasteiger partial charge on any atom is -0.321 e. The Morgan fingerprint density at radius 1 is 0.947 bits per heavy atom. The molecule has 0 aliphatic heterocycles. The van der Waals surface area contributed by atoms with Crippen molar-refractivity contribution in [3.8, 4) is 0 Å². The Hall–Kier alpha value is -0.820. The largest absolute Gasteiger partial charge is 0.321 e. The Bertz CT molecular complexity index is 360. The topological polar surface area (TPSA) is 26.0 Å². The first-order valence-corrected chi connectivity index (χ1v) is 8.13. The van der Waals surface area contributed by atoms with Crippen molar-refractivity contribution in [3.63, 3.8) is 0 Å². The minimum absolute atomic E-state index is 0.0427. The Morgan fingerprint density at radius 2 is 1.63 bits per heavy atom. The van der Waals surface area contributed by atoms with Gasteiger partial charge in [0.2, 0.25) is 0 Å². The zero-order valence-corrected chi connectivity index (χ0v) is 12.5. The van der Waals surface area contributed by atoms with Gasteiger partial charge in [-0.1, -0.05) is 69.7 Å². The summed E-state index contributed by atoms with van der Waals surface area (Å²) in [4.78, 5) is 0. The summed E-state index contributed by atoms with van der Waals surface area (Å²) in [7, 11) is 0. The van der Waals surface area contributed by atoms with E-state index < -0.39 is 0 Å².